The molecule has 2 fully saturated rings. The molecule has 0 aromatic heterocycles. The Morgan fingerprint density at radius 2 is 2.00 bits per heavy atom. The van der Waals surface area contributed by atoms with Gasteiger partial charge in [-0.3, -0.25) is 4.90 Å². The summed E-state index contributed by atoms with van der Waals surface area (Å²) < 4.78 is 0. The van der Waals surface area contributed by atoms with Crippen LogP contribution in [0.25, 0.3) is 0 Å². The summed E-state index contributed by atoms with van der Waals surface area (Å²) in [5.74, 6) is 0. The van der Waals surface area contributed by atoms with Crippen molar-refractivity contribution in [3.63, 3.8) is 0 Å². The minimum absolute atomic E-state index is 0.110. The number of hydrogen-bond acceptors (Lipinski definition) is 2. The average Bonchev–Trinajstić information content (AvgIpc) is 2.66. The predicted octanol–water partition coefficient (Wildman–Crippen LogP) is 0.886. The molecule has 2 amide bonds. The van der Waals surface area contributed by atoms with Crippen LogP contribution in [0.3, 0.4) is 0 Å². The van der Waals surface area contributed by atoms with Crippen LogP contribution in [0.1, 0.15) is 26.2 Å². The predicted molar refractivity (Wildman–Crippen MR) is 59.9 cm³/mol. The third-order valence-electron chi connectivity index (χ3n) is 3.44. The number of amides is 2. The van der Waals surface area contributed by atoms with Crippen LogP contribution in [0.5, 0.6) is 0 Å². The van der Waals surface area contributed by atoms with Crippen molar-refractivity contribution < 1.29 is 4.79 Å². The second-order valence-electron chi connectivity index (χ2n) is 4.62. The fourth-order valence-electron chi connectivity index (χ4n) is 2.48. The largest absolute Gasteiger partial charge is 0.336 e. The van der Waals surface area contributed by atoms with E-state index in [1.165, 1.54) is 32.4 Å². The van der Waals surface area contributed by atoms with Crippen LogP contribution in [0.4, 0.5) is 4.79 Å². The first-order valence-electron chi connectivity index (χ1n) is 6.04. The van der Waals surface area contributed by atoms with Gasteiger partial charge in [0.05, 0.1) is 0 Å². The highest BCUT2D eigenvalue weighted by Gasteiger charge is 2.24. The molecular weight excluding hydrogens is 190 g/mol. The van der Waals surface area contributed by atoms with Crippen molar-refractivity contribution >= 4 is 6.03 Å². The SMILES string of the molecule is CC(CN1CCNC1=O)N1CCCCC1. The number of nitrogens with zero attached hydrogens (tertiary/aromatic N) is 2. The molecule has 0 spiro atoms. The summed E-state index contributed by atoms with van der Waals surface area (Å²) in [6.07, 6.45) is 4.00. The first kappa shape index (κ1) is 10.7. The molecule has 0 saturated carbocycles. The van der Waals surface area contributed by atoms with Crippen LogP contribution in [-0.2, 0) is 0 Å². The van der Waals surface area contributed by atoms with Gasteiger partial charge in [-0.05, 0) is 32.9 Å². The summed E-state index contributed by atoms with van der Waals surface area (Å²) in [4.78, 5) is 15.8. The Bertz CT molecular complexity index is 226. The first-order valence-corrected chi connectivity index (χ1v) is 6.04. The zero-order chi connectivity index (χ0) is 10.7. The standard InChI is InChI=1S/C11H21N3O/c1-10(13-6-3-2-4-7-13)9-14-8-5-12-11(14)15/h10H,2-9H2,1H3,(H,12,15). The van der Waals surface area contributed by atoms with Crippen LogP contribution in [-0.4, -0.2) is 54.6 Å². The van der Waals surface area contributed by atoms with E-state index in [1.807, 2.05) is 4.90 Å². The highest BCUT2D eigenvalue weighted by Crippen LogP contribution is 2.13. The van der Waals surface area contributed by atoms with E-state index < -0.39 is 0 Å². The quantitative estimate of drug-likeness (QED) is 0.752. The van der Waals surface area contributed by atoms with Crippen LogP contribution in [0.15, 0.2) is 0 Å². The van der Waals surface area contributed by atoms with Crippen molar-refractivity contribution in [2.75, 3.05) is 32.7 Å². The van der Waals surface area contributed by atoms with Crippen LogP contribution in [0, 0.1) is 0 Å². The summed E-state index contributed by atoms with van der Waals surface area (Å²) in [5.41, 5.74) is 0. The van der Waals surface area contributed by atoms with Crippen LogP contribution < -0.4 is 5.32 Å². The van der Waals surface area contributed by atoms with Gasteiger partial charge in [0.25, 0.3) is 0 Å². The zero-order valence-electron chi connectivity index (χ0n) is 9.54. The minimum atomic E-state index is 0.110. The number of nitrogens with one attached hydrogen (secondary N) is 1. The molecule has 1 unspecified atom stereocenters. The summed E-state index contributed by atoms with van der Waals surface area (Å²) >= 11 is 0. The molecule has 0 radical (unpaired) electrons. The molecule has 0 aromatic carbocycles. The molecule has 2 rings (SSSR count). The van der Waals surface area contributed by atoms with Crippen molar-refractivity contribution in [3.05, 3.63) is 0 Å². The molecule has 2 heterocycles. The van der Waals surface area contributed by atoms with Crippen molar-refractivity contribution in [3.8, 4) is 0 Å². The summed E-state index contributed by atoms with van der Waals surface area (Å²) in [6.45, 7) is 7.21. The van der Waals surface area contributed by atoms with E-state index in [4.69, 9.17) is 0 Å². The van der Waals surface area contributed by atoms with Gasteiger partial charge in [0.1, 0.15) is 0 Å². The van der Waals surface area contributed by atoms with Gasteiger partial charge in [-0.15, -0.1) is 0 Å². The number of carbonyl (C=O) groups is 1. The van der Waals surface area contributed by atoms with Gasteiger partial charge < -0.3 is 10.2 Å². The monoisotopic (exact) mass is 211 g/mol. The molecule has 2 saturated heterocycles. The summed E-state index contributed by atoms with van der Waals surface area (Å²) in [7, 11) is 0. The number of rotatable bonds is 3. The normalized spacial score (nSPS) is 25.4. The van der Waals surface area contributed by atoms with Crippen molar-refractivity contribution in [1.29, 1.82) is 0 Å². The first-order chi connectivity index (χ1) is 7.27. The van der Waals surface area contributed by atoms with E-state index in [0.29, 0.717) is 6.04 Å². The summed E-state index contributed by atoms with van der Waals surface area (Å²) in [6, 6.07) is 0.619. The molecule has 0 aromatic rings. The van der Waals surface area contributed by atoms with Crippen molar-refractivity contribution in [2.45, 2.75) is 32.2 Å². The van der Waals surface area contributed by atoms with E-state index in [9.17, 15) is 4.79 Å². The lowest BCUT2D eigenvalue weighted by Crippen LogP contribution is -2.45. The number of urea groups is 1. The van der Waals surface area contributed by atoms with E-state index in [1.54, 1.807) is 0 Å². The maximum Gasteiger partial charge on any atom is 0.317 e. The maximum absolute atomic E-state index is 11.4. The molecule has 86 valence electrons. The second-order valence-corrected chi connectivity index (χ2v) is 4.62. The molecule has 4 heteroatoms. The van der Waals surface area contributed by atoms with Gasteiger partial charge in [-0.1, -0.05) is 6.42 Å². The molecule has 2 aliphatic rings. The molecule has 2 aliphatic heterocycles. The zero-order valence-corrected chi connectivity index (χ0v) is 9.54. The average molecular weight is 211 g/mol. The lowest BCUT2D eigenvalue weighted by molar-refractivity contribution is 0.142. The van der Waals surface area contributed by atoms with Crippen LogP contribution >= 0.6 is 0 Å². The van der Waals surface area contributed by atoms with Crippen molar-refractivity contribution in [2.24, 2.45) is 0 Å². The van der Waals surface area contributed by atoms with Gasteiger partial charge in [0, 0.05) is 25.7 Å². The van der Waals surface area contributed by atoms with E-state index >= 15 is 0 Å². The minimum Gasteiger partial charge on any atom is -0.336 e. The van der Waals surface area contributed by atoms with Gasteiger partial charge in [-0.2, -0.15) is 0 Å². The van der Waals surface area contributed by atoms with E-state index in [0.717, 1.165) is 19.6 Å². The van der Waals surface area contributed by atoms with E-state index in [2.05, 4.69) is 17.1 Å². The topological polar surface area (TPSA) is 35.6 Å². The highest BCUT2D eigenvalue weighted by molar-refractivity contribution is 5.76. The summed E-state index contributed by atoms with van der Waals surface area (Å²) in [5, 5.41) is 2.85. The Labute approximate surface area is 91.6 Å². The highest BCUT2D eigenvalue weighted by atomic mass is 16.2. The Balaban J connectivity index is 1.79. The molecular formula is C11H21N3O. The molecule has 1 N–H and O–H groups in total. The number of piperidine rings is 1. The molecule has 4 nitrogen and oxygen atoms in total. The molecule has 15 heavy (non-hydrogen) atoms. The van der Waals surface area contributed by atoms with Crippen molar-refractivity contribution in [1.82, 2.24) is 15.1 Å². The van der Waals surface area contributed by atoms with E-state index in [-0.39, 0.29) is 6.03 Å². The maximum atomic E-state index is 11.4. The third-order valence-corrected chi connectivity index (χ3v) is 3.44. The Kier molecular flexibility index (Phi) is 3.46. The van der Waals surface area contributed by atoms with Gasteiger partial charge in [0.15, 0.2) is 0 Å². The molecule has 0 bridgehead atoms. The van der Waals surface area contributed by atoms with Crippen LogP contribution in [0.2, 0.25) is 0 Å². The fraction of sp³-hybridized carbons (Fsp3) is 0.909. The van der Waals surface area contributed by atoms with Gasteiger partial charge in [0.2, 0.25) is 0 Å². The number of likely N-dealkylation sites (tertiary alicyclic amines) is 1. The number of hydrogen-bond donors (Lipinski definition) is 1. The fourth-order valence-corrected chi connectivity index (χ4v) is 2.48. The smallest absolute Gasteiger partial charge is 0.317 e. The Morgan fingerprint density at radius 3 is 2.60 bits per heavy atom. The molecule has 1 atom stereocenters. The van der Waals surface area contributed by atoms with Gasteiger partial charge >= 0.3 is 6.03 Å². The lowest BCUT2D eigenvalue weighted by Gasteiger charge is -2.34. The Morgan fingerprint density at radius 1 is 1.27 bits per heavy atom. The lowest BCUT2D eigenvalue weighted by atomic mass is 10.1. The molecule has 0 aliphatic carbocycles. The number of carbonyl (C=O) groups excluding carboxylic acids is 1. The third kappa shape index (κ3) is 2.62. The van der Waals surface area contributed by atoms with Gasteiger partial charge in [-0.25, -0.2) is 4.79 Å². The Hall–Kier alpha value is -0.770. The second kappa shape index (κ2) is 4.84.